The molecule has 0 radical (unpaired) electrons. The first kappa shape index (κ1) is 16.2. The molecule has 0 aliphatic heterocycles. The number of aromatic nitrogens is 1. The number of aromatic hydroxyl groups is 1. The molecule has 2 aromatic rings. The maximum Gasteiger partial charge on any atom is 0.228 e. The van der Waals surface area contributed by atoms with Gasteiger partial charge in [-0.05, 0) is 19.1 Å². The number of rotatable bonds is 4. The van der Waals surface area contributed by atoms with E-state index in [9.17, 15) is 15.3 Å². The molecular weight excluding hydrogens is 282 g/mol. The lowest BCUT2D eigenvalue weighted by molar-refractivity contribution is -0.0225. The van der Waals surface area contributed by atoms with Crippen molar-refractivity contribution in [2.45, 2.75) is 19.8 Å². The van der Waals surface area contributed by atoms with Gasteiger partial charge in [0.05, 0.1) is 17.9 Å². The topological polar surface area (TPSA) is 82.8 Å². The van der Waals surface area contributed by atoms with Crippen molar-refractivity contribution in [2.75, 3.05) is 0 Å². The first-order chi connectivity index (χ1) is 9.13. The van der Waals surface area contributed by atoms with Crippen LogP contribution in [0.15, 0.2) is 36.5 Å². The SMILES string of the molecule is Cc1ncc(CO)c(C(O)Oc2ccccc2)c1O.Cl. The van der Waals surface area contributed by atoms with Gasteiger partial charge in [0.15, 0.2) is 0 Å². The molecule has 1 aromatic carbocycles. The second kappa shape index (κ2) is 7.09. The van der Waals surface area contributed by atoms with Gasteiger partial charge in [-0.2, -0.15) is 0 Å². The first-order valence-electron chi connectivity index (χ1n) is 5.81. The van der Waals surface area contributed by atoms with Crippen LogP contribution in [0, 0.1) is 6.92 Å². The van der Waals surface area contributed by atoms with Crippen molar-refractivity contribution >= 4 is 12.4 Å². The fourth-order valence-electron chi connectivity index (χ4n) is 1.74. The summed E-state index contributed by atoms with van der Waals surface area (Å²) < 4.78 is 5.34. The molecule has 108 valence electrons. The molecule has 0 saturated heterocycles. The number of ether oxygens (including phenoxy) is 1. The van der Waals surface area contributed by atoms with E-state index in [4.69, 9.17) is 4.74 Å². The number of aliphatic hydroxyl groups is 2. The van der Waals surface area contributed by atoms with Gasteiger partial charge in [-0.15, -0.1) is 12.4 Å². The van der Waals surface area contributed by atoms with E-state index in [1.165, 1.54) is 6.20 Å². The molecular formula is C14H16ClNO4. The van der Waals surface area contributed by atoms with Gasteiger partial charge in [0.2, 0.25) is 6.29 Å². The minimum atomic E-state index is -1.37. The Hall–Kier alpha value is -1.82. The smallest absolute Gasteiger partial charge is 0.228 e. The Kier molecular flexibility index (Phi) is 5.76. The number of hydrogen-bond acceptors (Lipinski definition) is 5. The normalized spacial score (nSPS) is 11.6. The van der Waals surface area contributed by atoms with E-state index in [2.05, 4.69) is 4.98 Å². The average Bonchev–Trinajstić information content (AvgIpc) is 2.42. The van der Waals surface area contributed by atoms with Crippen molar-refractivity contribution in [3.05, 3.63) is 53.3 Å². The van der Waals surface area contributed by atoms with Crippen LogP contribution in [0.4, 0.5) is 0 Å². The molecule has 0 bridgehead atoms. The summed E-state index contributed by atoms with van der Waals surface area (Å²) >= 11 is 0. The van der Waals surface area contributed by atoms with Crippen LogP contribution in [0.3, 0.4) is 0 Å². The Morgan fingerprint density at radius 1 is 1.25 bits per heavy atom. The van der Waals surface area contributed by atoms with Crippen molar-refractivity contribution in [3.8, 4) is 11.5 Å². The molecule has 3 N–H and O–H groups in total. The second-order valence-corrected chi connectivity index (χ2v) is 4.07. The lowest BCUT2D eigenvalue weighted by atomic mass is 10.1. The summed E-state index contributed by atoms with van der Waals surface area (Å²) in [4.78, 5) is 3.92. The third-order valence-corrected chi connectivity index (χ3v) is 2.77. The summed E-state index contributed by atoms with van der Waals surface area (Å²) in [5.41, 5.74) is 0.827. The molecule has 0 saturated carbocycles. The maximum atomic E-state index is 10.1. The number of halogens is 1. The molecule has 1 aromatic heterocycles. The Balaban J connectivity index is 0.00000200. The third-order valence-electron chi connectivity index (χ3n) is 2.77. The molecule has 0 aliphatic rings. The van der Waals surface area contributed by atoms with Gasteiger partial charge in [0.25, 0.3) is 0 Å². The summed E-state index contributed by atoms with van der Waals surface area (Å²) in [7, 11) is 0. The van der Waals surface area contributed by atoms with Gasteiger partial charge < -0.3 is 20.1 Å². The fourth-order valence-corrected chi connectivity index (χ4v) is 1.74. The van der Waals surface area contributed by atoms with Crippen molar-refractivity contribution in [1.29, 1.82) is 0 Å². The van der Waals surface area contributed by atoms with Crippen molar-refractivity contribution < 1.29 is 20.1 Å². The predicted molar refractivity (Wildman–Crippen MR) is 75.8 cm³/mol. The monoisotopic (exact) mass is 297 g/mol. The molecule has 6 heteroatoms. The minimum absolute atomic E-state index is 0. The quantitative estimate of drug-likeness (QED) is 0.753. The lowest BCUT2D eigenvalue weighted by Crippen LogP contribution is -2.11. The van der Waals surface area contributed by atoms with E-state index in [1.54, 1.807) is 31.2 Å². The Bertz CT molecular complexity index is 563. The van der Waals surface area contributed by atoms with Crippen LogP contribution in [0.1, 0.15) is 23.1 Å². The van der Waals surface area contributed by atoms with E-state index in [0.717, 1.165) is 0 Å². The highest BCUT2D eigenvalue weighted by atomic mass is 35.5. The molecule has 1 heterocycles. The zero-order chi connectivity index (χ0) is 13.8. The number of nitrogens with zero attached hydrogens (tertiary/aromatic N) is 1. The van der Waals surface area contributed by atoms with Crippen LogP contribution >= 0.6 is 12.4 Å². The number of aliphatic hydroxyl groups excluding tert-OH is 2. The van der Waals surface area contributed by atoms with Crippen LogP contribution in [-0.2, 0) is 6.61 Å². The zero-order valence-corrected chi connectivity index (χ0v) is 11.7. The average molecular weight is 298 g/mol. The van der Waals surface area contributed by atoms with Gasteiger partial charge in [-0.1, -0.05) is 18.2 Å². The molecule has 5 nitrogen and oxygen atoms in total. The van der Waals surface area contributed by atoms with Crippen LogP contribution in [0.25, 0.3) is 0 Å². The van der Waals surface area contributed by atoms with E-state index >= 15 is 0 Å². The molecule has 20 heavy (non-hydrogen) atoms. The summed E-state index contributed by atoms with van der Waals surface area (Å²) in [6.07, 6.45) is 0.0355. The summed E-state index contributed by atoms with van der Waals surface area (Å²) in [5, 5.41) is 29.2. The van der Waals surface area contributed by atoms with Crippen LogP contribution in [0.2, 0.25) is 0 Å². The molecule has 0 fully saturated rings. The summed E-state index contributed by atoms with van der Waals surface area (Å²) in [5.74, 6) is 0.294. The third kappa shape index (κ3) is 3.39. The highest BCUT2D eigenvalue weighted by Gasteiger charge is 2.20. The maximum absolute atomic E-state index is 10.1. The van der Waals surface area contributed by atoms with Crippen LogP contribution in [-0.4, -0.2) is 20.3 Å². The minimum Gasteiger partial charge on any atom is -0.506 e. The molecule has 0 spiro atoms. The first-order valence-corrected chi connectivity index (χ1v) is 5.81. The van der Waals surface area contributed by atoms with Crippen LogP contribution < -0.4 is 4.74 Å². The van der Waals surface area contributed by atoms with Gasteiger partial charge in [0.1, 0.15) is 11.5 Å². The highest BCUT2D eigenvalue weighted by Crippen LogP contribution is 2.31. The van der Waals surface area contributed by atoms with Gasteiger partial charge in [-0.25, -0.2) is 0 Å². The highest BCUT2D eigenvalue weighted by molar-refractivity contribution is 5.85. The second-order valence-electron chi connectivity index (χ2n) is 4.07. The summed E-state index contributed by atoms with van der Waals surface area (Å²) in [6, 6.07) is 8.74. The fraction of sp³-hybridized carbons (Fsp3) is 0.214. The van der Waals surface area contributed by atoms with Gasteiger partial charge in [0, 0.05) is 11.8 Å². The number of pyridine rings is 1. The van der Waals surface area contributed by atoms with Crippen molar-refractivity contribution in [3.63, 3.8) is 0 Å². The molecule has 1 atom stereocenters. The van der Waals surface area contributed by atoms with Gasteiger partial charge >= 0.3 is 0 Å². The number of benzene rings is 1. The zero-order valence-electron chi connectivity index (χ0n) is 10.9. The van der Waals surface area contributed by atoms with Crippen molar-refractivity contribution in [1.82, 2.24) is 4.98 Å². The summed E-state index contributed by atoms with van der Waals surface area (Å²) in [6.45, 7) is 1.26. The Labute approximate surface area is 122 Å². The predicted octanol–water partition coefficient (Wildman–Crippen LogP) is 2.08. The number of para-hydroxylation sites is 1. The number of hydrogen-bond donors (Lipinski definition) is 3. The molecule has 0 amide bonds. The van der Waals surface area contributed by atoms with E-state index < -0.39 is 6.29 Å². The van der Waals surface area contributed by atoms with Gasteiger partial charge in [-0.3, -0.25) is 4.98 Å². The molecule has 1 unspecified atom stereocenters. The molecule has 0 aliphatic carbocycles. The Morgan fingerprint density at radius 3 is 2.50 bits per heavy atom. The van der Waals surface area contributed by atoms with Crippen LogP contribution in [0.5, 0.6) is 11.5 Å². The van der Waals surface area contributed by atoms with E-state index in [0.29, 0.717) is 17.0 Å². The largest absolute Gasteiger partial charge is 0.506 e. The van der Waals surface area contributed by atoms with E-state index in [1.807, 2.05) is 6.07 Å². The number of aryl methyl sites for hydroxylation is 1. The molecule has 2 rings (SSSR count). The standard InChI is InChI=1S/C14H15NO4.ClH/c1-9-13(17)12(10(8-16)7-15-9)14(18)19-11-5-3-2-4-6-11;/h2-7,14,16-18H,8H2,1H3;1H. The van der Waals surface area contributed by atoms with E-state index in [-0.39, 0.29) is 30.3 Å². The Morgan fingerprint density at radius 2 is 1.90 bits per heavy atom. The lowest BCUT2D eigenvalue weighted by Gasteiger charge is -2.18. The van der Waals surface area contributed by atoms with Crippen molar-refractivity contribution in [2.24, 2.45) is 0 Å².